The fourth-order valence-electron chi connectivity index (χ4n) is 7.83. The molecule has 3 aromatic rings. The smallest absolute Gasteiger partial charge is 0.339 e. The number of carbonyl (C=O) groups excluding carboxylic acids is 4. The van der Waals surface area contributed by atoms with Gasteiger partial charge in [0.2, 0.25) is 23.6 Å². The van der Waals surface area contributed by atoms with E-state index in [9.17, 15) is 54.3 Å². The van der Waals surface area contributed by atoms with E-state index in [2.05, 4.69) is 0 Å². The molecule has 2 saturated heterocycles. The molecular weight excluding hydrogens is 612 g/mol. The Bertz CT molecular complexity index is 1970. The second-order valence-electron chi connectivity index (χ2n) is 12.2. The van der Waals surface area contributed by atoms with Gasteiger partial charge < -0.3 is 25.5 Å². The number of rotatable bonds is 5. The van der Waals surface area contributed by atoms with Gasteiger partial charge in [0.25, 0.3) is 0 Å². The maximum Gasteiger partial charge on any atom is 0.339 e. The van der Waals surface area contributed by atoms with Crippen LogP contribution in [-0.2, 0) is 19.2 Å². The maximum absolute atomic E-state index is 14.1. The minimum Gasteiger partial charge on any atom is -0.508 e. The summed E-state index contributed by atoms with van der Waals surface area (Å²) in [7, 11) is 0. The van der Waals surface area contributed by atoms with Gasteiger partial charge in [0.05, 0.1) is 35.0 Å². The van der Waals surface area contributed by atoms with Crippen molar-refractivity contribution in [3.8, 4) is 17.2 Å². The zero-order valence-corrected chi connectivity index (χ0v) is 24.3. The summed E-state index contributed by atoms with van der Waals surface area (Å²) in [6, 6.07) is 12.9. The number of aromatic carboxylic acids is 2. The van der Waals surface area contributed by atoms with Crippen LogP contribution in [0.1, 0.15) is 45.0 Å². The lowest BCUT2D eigenvalue weighted by molar-refractivity contribution is -0.126. The lowest BCUT2D eigenvalue weighted by Gasteiger charge is -2.44. The minimum absolute atomic E-state index is 0.00475. The van der Waals surface area contributed by atoms with Crippen molar-refractivity contribution < 1.29 is 54.3 Å². The number of carboxylic acids is 2. The molecular formula is C34H26N2O11. The van der Waals surface area contributed by atoms with Gasteiger partial charge in [-0.05, 0) is 60.7 Å². The Balaban J connectivity index is 1.30. The first-order valence-electron chi connectivity index (χ1n) is 14.8. The number of amides is 4. The van der Waals surface area contributed by atoms with Crippen LogP contribution in [0.4, 0.5) is 11.4 Å². The Kier molecular flexibility index (Phi) is 6.67. The molecule has 2 aliphatic carbocycles. The lowest BCUT2D eigenvalue weighted by atomic mass is 9.57. The molecule has 6 unspecified atom stereocenters. The maximum atomic E-state index is 14.1. The quantitative estimate of drug-likeness (QED) is 0.202. The number of phenolic OH excluding ortho intramolecular Hbond substituents is 1. The molecule has 47 heavy (non-hydrogen) atoms. The predicted octanol–water partition coefficient (Wildman–Crippen LogP) is 3.25. The molecule has 0 radical (unpaired) electrons. The van der Waals surface area contributed by atoms with Crippen molar-refractivity contribution >= 4 is 46.9 Å². The second-order valence-corrected chi connectivity index (χ2v) is 12.2. The average Bonchev–Trinajstić information content (AvgIpc) is 3.43. The standard InChI is InChI=1S/C34H26N2O11/c37-17-5-1-14(2-6-17)26-18-9-10-21-27(31(42)35(29(21)40)15-3-7-19(33(44)45)24(38)11-15)22(18)13-23-28(26)32(43)36(30(23)41)16-4-8-20(34(46)47)25(39)12-16/h1-9,11-12,21-23,26-28,37-39H,10,13H2,(H,44,45)(H,46,47). The van der Waals surface area contributed by atoms with Crippen LogP contribution in [0.5, 0.6) is 17.2 Å². The van der Waals surface area contributed by atoms with Crippen LogP contribution in [0.15, 0.2) is 72.3 Å². The molecule has 4 aliphatic rings. The van der Waals surface area contributed by atoms with Crippen LogP contribution in [0.2, 0.25) is 0 Å². The Morgan fingerprint density at radius 3 is 1.64 bits per heavy atom. The third-order valence-corrected chi connectivity index (χ3v) is 9.84. The van der Waals surface area contributed by atoms with Gasteiger partial charge in [-0.15, -0.1) is 0 Å². The summed E-state index contributed by atoms with van der Waals surface area (Å²) < 4.78 is 0. The molecule has 6 atom stereocenters. The number of imide groups is 2. The number of aromatic hydroxyl groups is 3. The number of phenols is 3. The van der Waals surface area contributed by atoms with Crippen molar-refractivity contribution in [2.75, 3.05) is 9.80 Å². The van der Waals surface area contributed by atoms with Crippen LogP contribution in [0, 0.1) is 29.6 Å². The van der Waals surface area contributed by atoms with E-state index in [1.54, 1.807) is 12.1 Å². The molecule has 5 N–H and O–H groups in total. The lowest BCUT2D eigenvalue weighted by Crippen LogP contribution is -2.43. The SMILES string of the molecule is O=C(O)c1ccc(N2C(=O)C3CC=C4C(CC5C(=O)N(c6ccc(C(=O)O)c(O)c6)C(=O)C5C4c4ccc(O)cc4)C3C2=O)cc1O. The number of benzene rings is 3. The van der Waals surface area contributed by atoms with E-state index in [1.807, 2.05) is 6.08 Å². The Morgan fingerprint density at radius 2 is 1.13 bits per heavy atom. The number of hydrogen-bond acceptors (Lipinski definition) is 9. The van der Waals surface area contributed by atoms with Gasteiger partial charge in [0.15, 0.2) is 0 Å². The van der Waals surface area contributed by atoms with Crippen molar-refractivity contribution in [1.29, 1.82) is 0 Å². The highest BCUT2D eigenvalue weighted by Gasteiger charge is 2.62. The van der Waals surface area contributed by atoms with E-state index < -0.39 is 93.7 Å². The summed E-state index contributed by atoms with van der Waals surface area (Å²) in [4.78, 5) is 80.6. The van der Waals surface area contributed by atoms with Crippen molar-refractivity contribution in [3.63, 3.8) is 0 Å². The first kappa shape index (κ1) is 29.7. The van der Waals surface area contributed by atoms with Crippen molar-refractivity contribution in [3.05, 3.63) is 89.0 Å². The first-order valence-corrected chi connectivity index (χ1v) is 14.8. The zero-order chi connectivity index (χ0) is 33.5. The average molecular weight is 639 g/mol. The fraction of sp³-hybridized carbons (Fsp3) is 0.235. The van der Waals surface area contributed by atoms with Crippen LogP contribution in [0.3, 0.4) is 0 Å². The first-order chi connectivity index (χ1) is 22.4. The van der Waals surface area contributed by atoms with Crippen LogP contribution in [-0.4, -0.2) is 61.1 Å². The summed E-state index contributed by atoms with van der Waals surface area (Å²) >= 11 is 0. The van der Waals surface area contributed by atoms with E-state index in [0.717, 1.165) is 34.1 Å². The largest absolute Gasteiger partial charge is 0.508 e. The molecule has 13 nitrogen and oxygen atoms in total. The molecule has 2 heterocycles. The molecule has 0 aromatic heterocycles. The summed E-state index contributed by atoms with van der Waals surface area (Å²) in [6.45, 7) is 0. The highest BCUT2D eigenvalue weighted by atomic mass is 16.4. The van der Waals surface area contributed by atoms with Gasteiger partial charge >= 0.3 is 11.9 Å². The number of carboxylic acid groups (broad SMARTS) is 2. The van der Waals surface area contributed by atoms with Gasteiger partial charge in [0, 0.05) is 18.1 Å². The van der Waals surface area contributed by atoms with Crippen molar-refractivity contribution in [1.82, 2.24) is 0 Å². The molecule has 0 bridgehead atoms. The van der Waals surface area contributed by atoms with Gasteiger partial charge in [-0.25, -0.2) is 19.4 Å². The van der Waals surface area contributed by atoms with Gasteiger partial charge in [-0.1, -0.05) is 23.8 Å². The minimum atomic E-state index is -1.39. The number of carbonyl (C=O) groups is 6. The highest BCUT2D eigenvalue weighted by Crippen LogP contribution is 2.58. The fourth-order valence-corrected chi connectivity index (χ4v) is 7.83. The third kappa shape index (κ3) is 4.37. The van der Waals surface area contributed by atoms with E-state index >= 15 is 0 Å². The summed E-state index contributed by atoms with van der Waals surface area (Å²) in [5, 5.41) is 49.2. The Hall–Kier alpha value is -5.98. The number of fused-ring (bicyclic) bond motifs is 4. The van der Waals surface area contributed by atoms with Crippen LogP contribution < -0.4 is 9.80 Å². The van der Waals surface area contributed by atoms with Crippen molar-refractivity contribution in [2.45, 2.75) is 18.8 Å². The molecule has 4 amide bonds. The normalized spacial score (nSPS) is 26.5. The Labute approximate surface area is 265 Å². The Morgan fingerprint density at radius 1 is 0.617 bits per heavy atom. The molecule has 3 fully saturated rings. The third-order valence-electron chi connectivity index (χ3n) is 9.84. The number of anilines is 2. The van der Waals surface area contributed by atoms with Crippen LogP contribution in [0.25, 0.3) is 0 Å². The molecule has 13 heteroatoms. The molecule has 2 aliphatic heterocycles. The van der Waals surface area contributed by atoms with E-state index in [1.165, 1.54) is 24.3 Å². The van der Waals surface area contributed by atoms with E-state index in [0.29, 0.717) is 11.1 Å². The molecule has 7 rings (SSSR count). The summed E-state index contributed by atoms with van der Waals surface area (Å²) in [6.07, 6.45) is 2.02. The predicted molar refractivity (Wildman–Crippen MR) is 161 cm³/mol. The van der Waals surface area contributed by atoms with Crippen LogP contribution >= 0.6 is 0 Å². The molecule has 238 valence electrons. The molecule has 0 spiro atoms. The topological polar surface area (TPSA) is 210 Å². The number of nitrogens with zero attached hydrogens (tertiary/aromatic N) is 2. The highest BCUT2D eigenvalue weighted by molar-refractivity contribution is 6.24. The summed E-state index contributed by atoms with van der Waals surface area (Å²) in [5.74, 6) is -11.3. The van der Waals surface area contributed by atoms with E-state index in [4.69, 9.17) is 0 Å². The van der Waals surface area contributed by atoms with Gasteiger partial charge in [-0.3, -0.25) is 19.2 Å². The van der Waals surface area contributed by atoms with Gasteiger partial charge in [0.1, 0.15) is 28.4 Å². The number of hydrogen-bond donors (Lipinski definition) is 5. The number of allylic oxidation sites excluding steroid dienone is 2. The summed E-state index contributed by atoms with van der Waals surface area (Å²) in [5.41, 5.74) is 0.474. The zero-order valence-electron chi connectivity index (χ0n) is 24.3. The van der Waals surface area contributed by atoms with E-state index in [-0.39, 0.29) is 30.0 Å². The van der Waals surface area contributed by atoms with Crippen molar-refractivity contribution in [2.24, 2.45) is 29.6 Å². The molecule has 3 aromatic carbocycles. The molecule has 1 saturated carbocycles. The van der Waals surface area contributed by atoms with Gasteiger partial charge in [-0.2, -0.15) is 0 Å². The second kappa shape index (κ2) is 10.5. The monoisotopic (exact) mass is 638 g/mol.